The van der Waals surface area contributed by atoms with Gasteiger partial charge in [-0.3, -0.25) is 4.79 Å². The van der Waals surface area contributed by atoms with Crippen LogP contribution >= 0.6 is 0 Å². The summed E-state index contributed by atoms with van der Waals surface area (Å²) in [7, 11) is 0. The van der Waals surface area contributed by atoms with E-state index in [9.17, 15) is 4.79 Å². The molecule has 7 heteroatoms. The molecule has 2 aromatic heterocycles. The maximum atomic E-state index is 11.1. The molecule has 0 saturated carbocycles. The quantitative estimate of drug-likeness (QED) is 0.303. The Labute approximate surface area is 109 Å². The summed E-state index contributed by atoms with van der Waals surface area (Å²) in [4.78, 5) is 19.5. The van der Waals surface area contributed by atoms with Gasteiger partial charge in [-0.25, -0.2) is 9.97 Å². The first-order chi connectivity index (χ1) is 9.11. The fraction of sp³-hybridized carbons (Fsp3) is 0. The molecule has 0 aromatic carbocycles. The smallest absolute Gasteiger partial charge is 0.267 e. The van der Waals surface area contributed by atoms with E-state index in [0.29, 0.717) is 17.1 Å². The van der Waals surface area contributed by atoms with Crippen molar-refractivity contribution < 1.29 is 4.79 Å². The minimum absolute atomic E-state index is 0.118. The highest BCUT2D eigenvalue weighted by Crippen LogP contribution is 2.15. The first kappa shape index (κ1) is 12.5. The Hall–Kier alpha value is -2.96. The van der Waals surface area contributed by atoms with Crippen LogP contribution in [0.1, 0.15) is 16.2 Å². The molecule has 96 valence electrons. The number of rotatable bonds is 3. The molecule has 2 aromatic rings. The normalized spacial score (nSPS) is 11.3. The van der Waals surface area contributed by atoms with Gasteiger partial charge in [0.25, 0.3) is 5.91 Å². The fourth-order valence-electron chi connectivity index (χ4n) is 1.50. The zero-order valence-corrected chi connectivity index (χ0v) is 9.95. The van der Waals surface area contributed by atoms with Gasteiger partial charge < -0.3 is 17.3 Å². The molecule has 6 N–H and O–H groups in total. The number of hydrogen-bond donors (Lipinski definition) is 3. The number of nitrogens with two attached hydrogens (primary N) is 3. The second-order valence-electron chi connectivity index (χ2n) is 3.69. The lowest BCUT2D eigenvalue weighted by molar-refractivity contribution is 0.0995. The number of hydrazone groups is 1. The van der Waals surface area contributed by atoms with Crippen LogP contribution in [0.3, 0.4) is 0 Å². The average molecular weight is 256 g/mol. The molecule has 7 nitrogen and oxygen atoms in total. The molecule has 0 spiro atoms. The van der Waals surface area contributed by atoms with Crippen molar-refractivity contribution in [2.45, 2.75) is 0 Å². The van der Waals surface area contributed by atoms with Gasteiger partial charge in [-0.15, -0.1) is 0 Å². The van der Waals surface area contributed by atoms with E-state index in [2.05, 4.69) is 15.1 Å². The summed E-state index contributed by atoms with van der Waals surface area (Å²) in [6, 6.07) is 10.1. The van der Waals surface area contributed by atoms with Gasteiger partial charge in [0.05, 0.1) is 11.4 Å². The third-order valence-corrected chi connectivity index (χ3v) is 2.41. The van der Waals surface area contributed by atoms with Gasteiger partial charge in [0.1, 0.15) is 11.4 Å². The molecule has 0 fully saturated rings. The Morgan fingerprint density at radius 3 is 2.00 bits per heavy atom. The zero-order chi connectivity index (χ0) is 13.8. The van der Waals surface area contributed by atoms with Crippen LogP contribution in [0, 0.1) is 0 Å². The summed E-state index contributed by atoms with van der Waals surface area (Å²) in [5, 5.41) is 3.38. The van der Waals surface area contributed by atoms with Crippen LogP contribution in [0.2, 0.25) is 0 Å². The number of amidine groups is 1. The van der Waals surface area contributed by atoms with E-state index in [0.717, 1.165) is 0 Å². The number of hydrogen-bond acceptors (Lipinski definition) is 5. The standard InChI is InChI=1S/C12H12N6O/c13-11(18-15)9-5-1-3-7(16-9)8-4-2-6-10(17-8)12(14)19/h1-6H,15H2,(H2,13,18)(H2,14,19). The Morgan fingerprint density at radius 2 is 1.47 bits per heavy atom. The molecule has 0 saturated heterocycles. The van der Waals surface area contributed by atoms with Crippen molar-refractivity contribution in [3.05, 3.63) is 47.8 Å². The van der Waals surface area contributed by atoms with E-state index in [1.807, 2.05) is 0 Å². The van der Waals surface area contributed by atoms with Crippen molar-refractivity contribution in [3.8, 4) is 11.4 Å². The fourth-order valence-corrected chi connectivity index (χ4v) is 1.50. The van der Waals surface area contributed by atoms with Crippen LogP contribution in [0.5, 0.6) is 0 Å². The van der Waals surface area contributed by atoms with E-state index in [1.54, 1.807) is 30.3 Å². The Kier molecular flexibility index (Phi) is 3.37. The SMILES string of the molecule is NN=C(N)c1cccc(-c2cccc(C(N)=O)n2)n1. The molecule has 0 atom stereocenters. The topological polar surface area (TPSA) is 133 Å². The summed E-state index contributed by atoms with van der Waals surface area (Å²) in [5.74, 6) is 4.62. The van der Waals surface area contributed by atoms with Crippen molar-refractivity contribution in [2.24, 2.45) is 22.4 Å². The highest BCUT2D eigenvalue weighted by molar-refractivity contribution is 5.96. The van der Waals surface area contributed by atoms with Crippen LogP contribution in [-0.4, -0.2) is 21.7 Å². The minimum Gasteiger partial charge on any atom is -0.380 e. The highest BCUT2D eigenvalue weighted by atomic mass is 16.1. The van der Waals surface area contributed by atoms with E-state index in [-0.39, 0.29) is 11.5 Å². The number of carbonyl (C=O) groups is 1. The van der Waals surface area contributed by atoms with Gasteiger partial charge in [0.15, 0.2) is 5.84 Å². The van der Waals surface area contributed by atoms with Crippen LogP contribution in [0.25, 0.3) is 11.4 Å². The lowest BCUT2D eigenvalue weighted by Crippen LogP contribution is -2.17. The lowest BCUT2D eigenvalue weighted by Gasteiger charge is -2.04. The molecule has 0 aliphatic rings. The number of amides is 1. The highest BCUT2D eigenvalue weighted by Gasteiger charge is 2.08. The molecule has 0 bridgehead atoms. The predicted molar refractivity (Wildman–Crippen MR) is 70.9 cm³/mol. The van der Waals surface area contributed by atoms with Gasteiger partial charge in [0.2, 0.25) is 0 Å². The molecular formula is C12H12N6O. The second kappa shape index (κ2) is 5.13. The lowest BCUT2D eigenvalue weighted by atomic mass is 10.2. The minimum atomic E-state index is -0.596. The van der Waals surface area contributed by atoms with Gasteiger partial charge in [-0.2, -0.15) is 5.10 Å². The average Bonchev–Trinajstić information content (AvgIpc) is 2.46. The van der Waals surface area contributed by atoms with Gasteiger partial charge in [-0.1, -0.05) is 12.1 Å². The molecule has 2 rings (SSSR count). The molecule has 0 aliphatic heterocycles. The number of nitrogens with zero attached hydrogens (tertiary/aromatic N) is 3. The molecular weight excluding hydrogens is 244 g/mol. The van der Waals surface area contributed by atoms with E-state index in [1.165, 1.54) is 6.07 Å². The summed E-state index contributed by atoms with van der Waals surface area (Å²) in [6.07, 6.45) is 0. The van der Waals surface area contributed by atoms with E-state index >= 15 is 0 Å². The first-order valence-corrected chi connectivity index (χ1v) is 5.40. The van der Waals surface area contributed by atoms with Crippen LogP contribution in [0.15, 0.2) is 41.5 Å². The Morgan fingerprint density at radius 1 is 0.947 bits per heavy atom. The van der Waals surface area contributed by atoms with Crippen molar-refractivity contribution in [3.63, 3.8) is 0 Å². The van der Waals surface area contributed by atoms with Crippen molar-refractivity contribution in [1.82, 2.24) is 9.97 Å². The van der Waals surface area contributed by atoms with Gasteiger partial charge in [-0.05, 0) is 24.3 Å². The van der Waals surface area contributed by atoms with Gasteiger partial charge in [0, 0.05) is 0 Å². The Balaban J connectivity index is 2.47. The number of aromatic nitrogens is 2. The maximum absolute atomic E-state index is 11.1. The largest absolute Gasteiger partial charge is 0.380 e. The van der Waals surface area contributed by atoms with Crippen LogP contribution in [0.4, 0.5) is 0 Å². The second-order valence-corrected chi connectivity index (χ2v) is 3.69. The third-order valence-electron chi connectivity index (χ3n) is 2.41. The van der Waals surface area contributed by atoms with E-state index in [4.69, 9.17) is 17.3 Å². The Bertz CT molecular complexity index is 652. The number of pyridine rings is 2. The summed E-state index contributed by atoms with van der Waals surface area (Å²) in [5.41, 5.74) is 12.4. The first-order valence-electron chi connectivity index (χ1n) is 5.40. The molecule has 1 amide bonds. The van der Waals surface area contributed by atoms with E-state index < -0.39 is 5.91 Å². The molecule has 0 unspecified atom stereocenters. The van der Waals surface area contributed by atoms with Crippen molar-refractivity contribution >= 4 is 11.7 Å². The number of primary amides is 1. The zero-order valence-electron chi connectivity index (χ0n) is 9.95. The molecule has 0 aliphatic carbocycles. The van der Waals surface area contributed by atoms with Crippen LogP contribution < -0.4 is 17.3 Å². The summed E-state index contributed by atoms with van der Waals surface area (Å²) in [6.45, 7) is 0. The third kappa shape index (κ3) is 2.65. The maximum Gasteiger partial charge on any atom is 0.267 e. The molecule has 19 heavy (non-hydrogen) atoms. The van der Waals surface area contributed by atoms with Crippen molar-refractivity contribution in [2.75, 3.05) is 0 Å². The summed E-state index contributed by atoms with van der Waals surface area (Å²) < 4.78 is 0. The molecule has 2 heterocycles. The summed E-state index contributed by atoms with van der Waals surface area (Å²) >= 11 is 0. The van der Waals surface area contributed by atoms with Crippen LogP contribution in [-0.2, 0) is 0 Å². The predicted octanol–water partition coefficient (Wildman–Crippen LogP) is -0.178. The number of carbonyl (C=O) groups excluding carboxylic acids is 1. The van der Waals surface area contributed by atoms with Crippen molar-refractivity contribution in [1.29, 1.82) is 0 Å². The molecule has 0 radical (unpaired) electrons. The monoisotopic (exact) mass is 256 g/mol. The van der Waals surface area contributed by atoms with Gasteiger partial charge >= 0.3 is 0 Å².